The highest BCUT2D eigenvalue weighted by molar-refractivity contribution is 5.79. The number of hydrogen-bond donors (Lipinski definition) is 3. The molecule has 7 nitrogen and oxygen atoms in total. The molecule has 0 bridgehead atoms. The number of carboxylic acids is 1. The van der Waals surface area contributed by atoms with Crippen LogP contribution in [-0.4, -0.2) is 66.9 Å². The van der Waals surface area contributed by atoms with Crippen LogP contribution in [0.4, 0.5) is 4.79 Å². The first-order chi connectivity index (χ1) is 9.91. The molecule has 2 fully saturated rings. The number of ether oxygens (including phenoxy) is 1. The Balaban J connectivity index is 1.79. The summed E-state index contributed by atoms with van der Waals surface area (Å²) in [4.78, 5) is 25.6. The first-order valence-electron chi connectivity index (χ1n) is 7.52. The molecule has 0 aromatic heterocycles. The first kappa shape index (κ1) is 16.0. The molecule has 2 saturated heterocycles. The number of aliphatic carboxylic acids is 1. The predicted molar refractivity (Wildman–Crippen MR) is 77.2 cm³/mol. The van der Waals surface area contributed by atoms with Crippen molar-refractivity contribution < 1.29 is 19.4 Å². The zero-order chi connectivity index (χ0) is 15.5. The highest BCUT2D eigenvalue weighted by Gasteiger charge is 2.47. The number of rotatable bonds is 5. The van der Waals surface area contributed by atoms with Gasteiger partial charge in [0.1, 0.15) is 5.41 Å². The molecule has 120 valence electrons. The third-order valence-electron chi connectivity index (χ3n) is 4.36. The number of nitrogens with zero attached hydrogens (tertiary/aromatic N) is 1. The minimum atomic E-state index is -1.06. The maximum atomic E-state index is 12.0. The second kappa shape index (κ2) is 6.62. The number of carbonyl (C=O) groups is 2. The van der Waals surface area contributed by atoms with Crippen LogP contribution in [0.2, 0.25) is 0 Å². The topological polar surface area (TPSA) is 90.9 Å². The Hall–Kier alpha value is -1.34. The highest BCUT2D eigenvalue weighted by Crippen LogP contribution is 2.28. The molecule has 0 aliphatic carbocycles. The Labute approximate surface area is 125 Å². The third-order valence-corrected chi connectivity index (χ3v) is 4.36. The van der Waals surface area contributed by atoms with Gasteiger partial charge in [0, 0.05) is 12.6 Å². The number of nitrogens with one attached hydrogen (secondary N) is 2. The molecule has 0 spiro atoms. The van der Waals surface area contributed by atoms with Gasteiger partial charge in [-0.3, -0.25) is 4.79 Å². The van der Waals surface area contributed by atoms with Crippen LogP contribution in [0.5, 0.6) is 0 Å². The molecule has 2 rings (SSSR count). The van der Waals surface area contributed by atoms with Gasteiger partial charge in [-0.15, -0.1) is 0 Å². The lowest BCUT2D eigenvalue weighted by Crippen LogP contribution is -2.54. The van der Waals surface area contributed by atoms with Crippen molar-refractivity contribution in [3.63, 3.8) is 0 Å². The second-order valence-corrected chi connectivity index (χ2v) is 6.32. The van der Waals surface area contributed by atoms with E-state index in [1.54, 1.807) is 6.92 Å². The lowest BCUT2D eigenvalue weighted by atomic mass is 9.85. The largest absolute Gasteiger partial charge is 0.481 e. The Morgan fingerprint density at radius 3 is 2.71 bits per heavy atom. The van der Waals surface area contributed by atoms with Crippen LogP contribution < -0.4 is 10.6 Å². The number of carboxylic acid groups (broad SMARTS) is 1. The van der Waals surface area contributed by atoms with E-state index in [9.17, 15) is 14.7 Å². The fourth-order valence-electron chi connectivity index (χ4n) is 2.91. The fraction of sp³-hybridized carbons (Fsp3) is 0.857. The van der Waals surface area contributed by atoms with Crippen molar-refractivity contribution in [2.24, 2.45) is 5.41 Å². The molecule has 0 radical (unpaired) electrons. The normalized spacial score (nSPS) is 31.0. The van der Waals surface area contributed by atoms with Crippen molar-refractivity contribution in [3.05, 3.63) is 0 Å². The van der Waals surface area contributed by atoms with Crippen molar-refractivity contribution in [3.8, 4) is 0 Å². The van der Waals surface area contributed by atoms with Gasteiger partial charge in [-0.05, 0) is 39.8 Å². The Morgan fingerprint density at radius 1 is 1.43 bits per heavy atom. The maximum Gasteiger partial charge on any atom is 0.315 e. The maximum absolute atomic E-state index is 12.0. The zero-order valence-electron chi connectivity index (χ0n) is 12.7. The van der Waals surface area contributed by atoms with E-state index < -0.39 is 17.4 Å². The van der Waals surface area contributed by atoms with Crippen molar-refractivity contribution in [2.75, 3.05) is 32.8 Å². The van der Waals surface area contributed by atoms with Crippen molar-refractivity contribution in [1.82, 2.24) is 15.5 Å². The minimum absolute atomic E-state index is 0.0292. The number of carbonyl (C=O) groups excluding carboxylic acids is 1. The molecular formula is C14H25N3O4. The van der Waals surface area contributed by atoms with Gasteiger partial charge in [-0.1, -0.05) is 0 Å². The summed E-state index contributed by atoms with van der Waals surface area (Å²) in [6.45, 7) is 6.90. The first-order valence-corrected chi connectivity index (χ1v) is 7.52. The summed E-state index contributed by atoms with van der Waals surface area (Å²) in [5.74, 6) is -0.949. The van der Waals surface area contributed by atoms with Crippen LogP contribution in [0, 0.1) is 5.41 Å². The van der Waals surface area contributed by atoms with E-state index in [2.05, 4.69) is 15.5 Å². The SMILES string of the molecule is CC(CN1CCCC1)NC(=O)NC1COCC1(C)C(=O)O. The summed E-state index contributed by atoms with van der Waals surface area (Å²) < 4.78 is 5.22. The summed E-state index contributed by atoms with van der Waals surface area (Å²) in [6, 6.07) is -0.805. The van der Waals surface area contributed by atoms with Gasteiger partial charge in [0.2, 0.25) is 0 Å². The Bertz CT molecular complexity index is 398. The van der Waals surface area contributed by atoms with E-state index in [0.717, 1.165) is 19.6 Å². The molecule has 0 aromatic carbocycles. The zero-order valence-corrected chi connectivity index (χ0v) is 12.7. The Morgan fingerprint density at radius 2 is 2.10 bits per heavy atom. The van der Waals surface area contributed by atoms with E-state index in [-0.39, 0.29) is 25.3 Å². The number of amides is 2. The van der Waals surface area contributed by atoms with Gasteiger partial charge in [0.25, 0.3) is 0 Å². The molecule has 3 unspecified atom stereocenters. The van der Waals surface area contributed by atoms with Crippen LogP contribution in [-0.2, 0) is 9.53 Å². The van der Waals surface area contributed by atoms with Crippen molar-refractivity contribution in [1.29, 1.82) is 0 Å². The van der Waals surface area contributed by atoms with E-state index in [4.69, 9.17) is 4.74 Å². The standard InChI is InChI=1S/C14H25N3O4/c1-10(7-17-5-3-4-6-17)15-13(20)16-11-8-21-9-14(11,2)12(18)19/h10-11H,3-9H2,1-2H3,(H,18,19)(H2,15,16,20). The van der Waals surface area contributed by atoms with Gasteiger partial charge < -0.3 is 25.4 Å². The van der Waals surface area contributed by atoms with Gasteiger partial charge in [0.15, 0.2) is 0 Å². The molecule has 0 aromatic rings. The average molecular weight is 299 g/mol. The fourth-order valence-corrected chi connectivity index (χ4v) is 2.91. The number of likely N-dealkylation sites (tertiary alicyclic amines) is 1. The Kier molecular flexibility index (Phi) is 5.05. The van der Waals surface area contributed by atoms with E-state index >= 15 is 0 Å². The molecule has 0 saturated carbocycles. The van der Waals surface area contributed by atoms with E-state index in [1.807, 2.05) is 6.92 Å². The smallest absolute Gasteiger partial charge is 0.315 e. The summed E-state index contributed by atoms with van der Waals surface area (Å²) in [6.07, 6.45) is 2.44. The molecule has 2 aliphatic rings. The van der Waals surface area contributed by atoms with Crippen LogP contribution in [0.1, 0.15) is 26.7 Å². The van der Waals surface area contributed by atoms with Crippen LogP contribution in [0.3, 0.4) is 0 Å². The molecule has 2 aliphatic heterocycles. The summed E-state index contributed by atoms with van der Waals surface area (Å²) in [7, 11) is 0. The van der Waals surface area contributed by atoms with Gasteiger partial charge in [-0.25, -0.2) is 4.79 Å². The lowest BCUT2D eigenvalue weighted by molar-refractivity contribution is -0.148. The quantitative estimate of drug-likeness (QED) is 0.677. The molecule has 3 N–H and O–H groups in total. The predicted octanol–water partition coefficient (Wildman–Crippen LogP) is 0.260. The molecule has 2 amide bonds. The van der Waals surface area contributed by atoms with Gasteiger partial charge >= 0.3 is 12.0 Å². The van der Waals surface area contributed by atoms with Crippen molar-refractivity contribution >= 4 is 12.0 Å². The van der Waals surface area contributed by atoms with Crippen LogP contribution in [0.25, 0.3) is 0 Å². The van der Waals surface area contributed by atoms with E-state index in [1.165, 1.54) is 12.8 Å². The third kappa shape index (κ3) is 3.85. The second-order valence-electron chi connectivity index (χ2n) is 6.32. The molecule has 7 heteroatoms. The minimum Gasteiger partial charge on any atom is -0.481 e. The average Bonchev–Trinajstić information content (AvgIpc) is 3.01. The summed E-state index contributed by atoms with van der Waals surface area (Å²) >= 11 is 0. The monoisotopic (exact) mass is 299 g/mol. The molecular weight excluding hydrogens is 274 g/mol. The molecule has 3 atom stereocenters. The van der Waals surface area contributed by atoms with Crippen molar-refractivity contribution in [2.45, 2.75) is 38.8 Å². The van der Waals surface area contributed by atoms with E-state index in [0.29, 0.717) is 0 Å². The summed E-state index contributed by atoms with van der Waals surface area (Å²) in [5.41, 5.74) is -1.06. The van der Waals surface area contributed by atoms with Gasteiger partial charge in [0.05, 0.1) is 19.3 Å². The van der Waals surface area contributed by atoms with Crippen LogP contribution >= 0.6 is 0 Å². The van der Waals surface area contributed by atoms with Crippen LogP contribution in [0.15, 0.2) is 0 Å². The summed E-state index contributed by atoms with van der Waals surface area (Å²) in [5, 5.41) is 14.9. The van der Waals surface area contributed by atoms with Gasteiger partial charge in [-0.2, -0.15) is 0 Å². The highest BCUT2D eigenvalue weighted by atomic mass is 16.5. The lowest BCUT2D eigenvalue weighted by Gasteiger charge is -2.27. The molecule has 2 heterocycles. The number of hydrogen-bond acceptors (Lipinski definition) is 4. The molecule has 21 heavy (non-hydrogen) atoms. The number of urea groups is 1.